The van der Waals surface area contributed by atoms with Gasteiger partial charge in [0.1, 0.15) is 5.69 Å². The Kier molecular flexibility index (Phi) is 3.76. The summed E-state index contributed by atoms with van der Waals surface area (Å²) in [6.45, 7) is 1.99. The third-order valence-corrected chi connectivity index (χ3v) is 2.77. The number of rotatable bonds is 4. The minimum atomic E-state index is -0.0874. The van der Waals surface area contributed by atoms with Crippen LogP contribution in [0.1, 0.15) is 24.7 Å². The summed E-state index contributed by atoms with van der Waals surface area (Å²) in [5.41, 5.74) is 2.44. The first-order valence-corrected chi connectivity index (χ1v) is 5.94. The number of hydrogen-bond donors (Lipinski definition) is 1. The number of aliphatic hydroxyl groups is 1. The molecular weight excluding hydrogens is 238 g/mol. The fourth-order valence-corrected chi connectivity index (χ4v) is 1.94. The van der Waals surface area contributed by atoms with Gasteiger partial charge in [0.05, 0.1) is 18.0 Å². The van der Waals surface area contributed by atoms with Gasteiger partial charge in [0.25, 0.3) is 0 Å². The number of nitrogens with zero attached hydrogens (tertiary/aromatic N) is 3. The molecule has 5 heteroatoms. The Bertz CT molecular complexity index is 510. The van der Waals surface area contributed by atoms with E-state index < -0.39 is 0 Å². The van der Waals surface area contributed by atoms with Crippen molar-refractivity contribution in [2.24, 2.45) is 0 Å². The van der Waals surface area contributed by atoms with E-state index in [9.17, 15) is 5.11 Å². The molecule has 0 aliphatic rings. The van der Waals surface area contributed by atoms with Crippen LogP contribution in [-0.4, -0.2) is 20.1 Å². The Labute approximate surface area is 105 Å². The number of aliphatic hydroxyl groups excluding tert-OH is 1. The molecule has 0 aliphatic heterocycles. The maximum Gasteiger partial charge on any atom is 0.112 e. The molecule has 0 radical (unpaired) electrons. The van der Waals surface area contributed by atoms with E-state index in [-0.39, 0.29) is 6.61 Å². The first kappa shape index (κ1) is 12.1. The third-order valence-electron chi connectivity index (χ3n) is 2.53. The van der Waals surface area contributed by atoms with Gasteiger partial charge in [-0.1, -0.05) is 36.2 Å². The molecule has 0 saturated heterocycles. The largest absolute Gasteiger partial charge is 0.390 e. The maximum absolute atomic E-state index is 9.22. The van der Waals surface area contributed by atoms with E-state index in [1.807, 2.05) is 24.3 Å². The molecular formula is C12H14ClN3O. The van der Waals surface area contributed by atoms with Crippen LogP contribution in [0.25, 0.3) is 5.69 Å². The third kappa shape index (κ3) is 2.48. The van der Waals surface area contributed by atoms with Crippen molar-refractivity contribution in [2.45, 2.75) is 26.4 Å². The molecule has 1 heterocycles. The zero-order chi connectivity index (χ0) is 12.3. The van der Waals surface area contributed by atoms with Crippen LogP contribution >= 0.6 is 11.6 Å². The average Bonchev–Trinajstić information content (AvgIpc) is 2.72. The van der Waals surface area contributed by atoms with Crippen molar-refractivity contribution in [3.63, 3.8) is 0 Å². The van der Waals surface area contributed by atoms with Crippen LogP contribution in [0, 0.1) is 0 Å². The topological polar surface area (TPSA) is 50.9 Å². The lowest BCUT2D eigenvalue weighted by Gasteiger charge is -2.06. The summed E-state index contributed by atoms with van der Waals surface area (Å²) in [6.07, 6.45) is 1.80. The smallest absolute Gasteiger partial charge is 0.112 e. The van der Waals surface area contributed by atoms with Crippen LogP contribution in [0.5, 0.6) is 0 Å². The van der Waals surface area contributed by atoms with Crippen LogP contribution in [0.15, 0.2) is 24.3 Å². The summed E-state index contributed by atoms with van der Waals surface area (Å²) in [5.74, 6) is 0. The fourth-order valence-electron chi connectivity index (χ4n) is 1.76. The van der Waals surface area contributed by atoms with Gasteiger partial charge in [0.2, 0.25) is 0 Å². The molecule has 0 aliphatic carbocycles. The molecule has 0 spiro atoms. The molecule has 0 bridgehead atoms. The Balaban J connectivity index is 2.47. The highest BCUT2D eigenvalue weighted by Gasteiger charge is 2.12. The zero-order valence-electron chi connectivity index (χ0n) is 9.60. The normalized spacial score (nSPS) is 10.8. The van der Waals surface area contributed by atoms with E-state index >= 15 is 0 Å². The van der Waals surface area contributed by atoms with Gasteiger partial charge in [-0.05, 0) is 24.6 Å². The van der Waals surface area contributed by atoms with Gasteiger partial charge in [-0.2, -0.15) is 0 Å². The van der Waals surface area contributed by atoms with Crippen LogP contribution < -0.4 is 0 Å². The summed E-state index contributed by atoms with van der Waals surface area (Å²) in [4.78, 5) is 0. The van der Waals surface area contributed by atoms with Crippen molar-refractivity contribution in [3.05, 3.63) is 40.7 Å². The maximum atomic E-state index is 9.22. The molecule has 2 aromatic rings. The Morgan fingerprint density at radius 2 is 2.24 bits per heavy atom. The molecule has 0 atom stereocenters. The molecule has 0 amide bonds. The summed E-state index contributed by atoms with van der Waals surface area (Å²) in [5, 5.41) is 17.9. The number of benzene rings is 1. The summed E-state index contributed by atoms with van der Waals surface area (Å²) >= 11 is 5.95. The highest BCUT2D eigenvalue weighted by Crippen LogP contribution is 2.18. The second-order valence-electron chi connectivity index (χ2n) is 3.78. The van der Waals surface area contributed by atoms with Gasteiger partial charge >= 0.3 is 0 Å². The van der Waals surface area contributed by atoms with Gasteiger partial charge in [-0.15, -0.1) is 5.10 Å². The summed E-state index contributed by atoms with van der Waals surface area (Å²) < 4.78 is 1.74. The molecule has 1 N–H and O–H groups in total. The van der Waals surface area contributed by atoms with E-state index in [0.29, 0.717) is 10.7 Å². The Hall–Kier alpha value is -1.39. The van der Waals surface area contributed by atoms with E-state index in [0.717, 1.165) is 24.2 Å². The molecule has 2 rings (SSSR count). The second kappa shape index (κ2) is 5.29. The molecule has 0 saturated carbocycles. The zero-order valence-corrected chi connectivity index (χ0v) is 10.4. The van der Waals surface area contributed by atoms with Gasteiger partial charge in [0, 0.05) is 5.02 Å². The van der Waals surface area contributed by atoms with Crippen LogP contribution in [0.3, 0.4) is 0 Å². The Morgan fingerprint density at radius 1 is 1.41 bits per heavy atom. The van der Waals surface area contributed by atoms with Crippen molar-refractivity contribution in [1.82, 2.24) is 15.0 Å². The molecule has 1 aromatic carbocycles. The minimum Gasteiger partial charge on any atom is -0.390 e. The predicted octanol–water partition coefficient (Wildman–Crippen LogP) is 2.37. The van der Waals surface area contributed by atoms with Crippen molar-refractivity contribution in [1.29, 1.82) is 0 Å². The number of aromatic nitrogens is 3. The van der Waals surface area contributed by atoms with Crippen LogP contribution in [0.4, 0.5) is 0 Å². The lowest BCUT2D eigenvalue weighted by Crippen LogP contribution is -2.03. The van der Waals surface area contributed by atoms with E-state index in [2.05, 4.69) is 17.2 Å². The first-order valence-electron chi connectivity index (χ1n) is 5.56. The highest BCUT2D eigenvalue weighted by molar-refractivity contribution is 6.30. The summed E-state index contributed by atoms with van der Waals surface area (Å²) in [6, 6.07) is 7.43. The van der Waals surface area contributed by atoms with Crippen LogP contribution in [0.2, 0.25) is 5.02 Å². The van der Waals surface area contributed by atoms with Crippen LogP contribution in [-0.2, 0) is 13.0 Å². The van der Waals surface area contributed by atoms with Gasteiger partial charge < -0.3 is 5.11 Å². The lowest BCUT2D eigenvalue weighted by atomic mass is 10.2. The lowest BCUT2D eigenvalue weighted by molar-refractivity contribution is 0.275. The quantitative estimate of drug-likeness (QED) is 0.908. The van der Waals surface area contributed by atoms with Crippen molar-refractivity contribution in [3.8, 4) is 5.69 Å². The predicted molar refractivity (Wildman–Crippen MR) is 66.3 cm³/mol. The van der Waals surface area contributed by atoms with E-state index in [4.69, 9.17) is 11.6 Å². The SMILES string of the molecule is CCCc1c(CO)nnn1-c1cccc(Cl)c1. The standard InChI is InChI=1S/C12H14ClN3O/c1-2-4-12-11(8-17)14-15-16(12)10-6-3-5-9(13)7-10/h3,5-7,17H,2,4,8H2,1H3. The molecule has 0 fully saturated rings. The molecule has 0 unspecified atom stereocenters. The van der Waals surface area contributed by atoms with Crippen molar-refractivity contribution >= 4 is 11.6 Å². The molecule has 4 nitrogen and oxygen atoms in total. The fraction of sp³-hybridized carbons (Fsp3) is 0.333. The van der Waals surface area contributed by atoms with E-state index in [1.165, 1.54) is 0 Å². The van der Waals surface area contributed by atoms with E-state index in [1.54, 1.807) is 4.68 Å². The Morgan fingerprint density at radius 3 is 2.88 bits per heavy atom. The van der Waals surface area contributed by atoms with Gasteiger partial charge in [0.15, 0.2) is 0 Å². The highest BCUT2D eigenvalue weighted by atomic mass is 35.5. The molecule has 90 valence electrons. The first-order chi connectivity index (χ1) is 8.26. The number of halogens is 1. The molecule has 1 aromatic heterocycles. The van der Waals surface area contributed by atoms with Gasteiger partial charge in [-0.25, -0.2) is 4.68 Å². The van der Waals surface area contributed by atoms with Crippen molar-refractivity contribution in [2.75, 3.05) is 0 Å². The van der Waals surface area contributed by atoms with Crippen molar-refractivity contribution < 1.29 is 5.11 Å². The minimum absolute atomic E-state index is 0.0874. The molecule has 17 heavy (non-hydrogen) atoms. The summed E-state index contributed by atoms with van der Waals surface area (Å²) in [7, 11) is 0. The van der Waals surface area contributed by atoms with Gasteiger partial charge in [-0.3, -0.25) is 0 Å². The monoisotopic (exact) mass is 251 g/mol. The number of hydrogen-bond acceptors (Lipinski definition) is 3. The second-order valence-corrected chi connectivity index (χ2v) is 4.22. The average molecular weight is 252 g/mol.